The Morgan fingerprint density at radius 2 is 1.32 bits per heavy atom. The van der Waals surface area contributed by atoms with Crippen LogP contribution in [-0.4, -0.2) is 11.8 Å². The minimum atomic E-state index is -1.30. The molecule has 2 unspecified atom stereocenters. The molecule has 6 heteroatoms. The quantitative estimate of drug-likeness (QED) is 0.208. The van der Waals surface area contributed by atoms with E-state index in [-0.39, 0.29) is 18.2 Å². The Morgan fingerprint density at radius 1 is 0.750 bits per heavy atom. The molecule has 2 heterocycles. The Morgan fingerprint density at radius 3 is 1.98 bits per heavy atom. The second-order valence-corrected chi connectivity index (χ2v) is 11.5. The number of hydrogen-bond acceptors (Lipinski definition) is 3. The first kappa shape index (κ1) is 27.7. The van der Waals surface area contributed by atoms with Gasteiger partial charge in [0, 0.05) is 28.1 Å². The maximum absolute atomic E-state index is 14.7. The molecule has 2 amide bonds. The van der Waals surface area contributed by atoms with Gasteiger partial charge < -0.3 is 4.74 Å². The second-order valence-electron chi connectivity index (χ2n) is 11.0. The molecule has 0 radical (unpaired) electrons. The number of hydrogen-bond donors (Lipinski definition) is 0. The molecule has 0 fully saturated rings. The van der Waals surface area contributed by atoms with Gasteiger partial charge in [-0.3, -0.25) is 19.4 Å². The summed E-state index contributed by atoms with van der Waals surface area (Å²) in [4.78, 5) is 32.9. The van der Waals surface area contributed by atoms with Crippen molar-refractivity contribution in [3.8, 4) is 0 Å². The van der Waals surface area contributed by atoms with Crippen LogP contribution in [-0.2, 0) is 15.3 Å². The molecule has 0 spiro atoms. The fourth-order valence-electron chi connectivity index (χ4n) is 6.33. The highest BCUT2D eigenvalue weighted by atomic mass is 35.5. The number of carbonyl (C=O) groups is 2. The Balaban J connectivity index is 1.54. The molecular formula is C38H29ClN2O3. The van der Waals surface area contributed by atoms with Gasteiger partial charge in [-0.2, -0.15) is 0 Å². The zero-order chi connectivity index (χ0) is 30.3. The van der Waals surface area contributed by atoms with E-state index in [1.807, 2.05) is 144 Å². The molecule has 5 aromatic carbocycles. The molecule has 0 saturated heterocycles. The smallest absolute Gasteiger partial charge is 0.261 e. The molecule has 2 atom stereocenters. The zero-order valence-electron chi connectivity index (χ0n) is 24.1. The number of ether oxygens (including phenoxy) is 1. The highest BCUT2D eigenvalue weighted by Crippen LogP contribution is 2.55. The minimum absolute atomic E-state index is 0.179. The summed E-state index contributed by atoms with van der Waals surface area (Å²) < 4.78 is 7.20. The van der Waals surface area contributed by atoms with Crippen molar-refractivity contribution in [2.24, 2.45) is 0 Å². The number of benzene rings is 5. The molecule has 44 heavy (non-hydrogen) atoms. The van der Waals surface area contributed by atoms with Crippen LogP contribution in [0.3, 0.4) is 0 Å². The number of fused-ring (bicyclic) bond motifs is 3. The number of carbonyl (C=O) groups excluding carboxylic acids is 2. The standard InChI is InChI=1S/C38H29ClN2O3/c1-26-35(28-13-5-2-6-14-28)44-38(30-17-9-4-10-18-30)25-34(27-21-23-31(39)24-22-27)40(37(43)29-15-7-3-8-16-29)32-19-11-12-20-33(32)41(38)36(26)42/h2-24,34H,25H2,1H3. The minimum Gasteiger partial charge on any atom is -0.462 e. The van der Waals surface area contributed by atoms with Crippen molar-refractivity contribution in [1.29, 1.82) is 0 Å². The normalized spacial score (nSPS) is 19.5. The van der Waals surface area contributed by atoms with E-state index < -0.39 is 11.8 Å². The van der Waals surface area contributed by atoms with E-state index in [1.54, 1.807) is 11.8 Å². The first-order valence-electron chi connectivity index (χ1n) is 14.6. The third-order valence-electron chi connectivity index (χ3n) is 8.42. The van der Waals surface area contributed by atoms with Crippen molar-refractivity contribution in [2.45, 2.75) is 25.1 Å². The van der Waals surface area contributed by atoms with E-state index in [4.69, 9.17) is 16.3 Å². The fourth-order valence-corrected chi connectivity index (χ4v) is 6.45. The second kappa shape index (κ2) is 11.2. The maximum Gasteiger partial charge on any atom is 0.261 e. The van der Waals surface area contributed by atoms with Crippen LogP contribution < -0.4 is 9.80 Å². The number of nitrogens with zero attached hydrogens (tertiary/aromatic N) is 2. The molecule has 5 nitrogen and oxygen atoms in total. The van der Waals surface area contributed by atoms with Gasteiger partial charge in [-0.1, -0.05) is 115 Å². The Kier molecular flexibility index (Phi) is 7.03. The van der Waals surface area contributed by atoms with Gasteiger partial charge in [0.1, 0.15) is 5.76 Å². The summed E-state index contributed by atoms with van der Waals surface area (Å²) in [5.74, 6) is 0.155. The van der Waals surface area contributed by atoms with Crippen LogP contribution in [0.5, 0.6) is 0 Å². The lowest BCUT2D eigenvalue weighted by atomic mass is 9.87. The van der Waals surface area contributed by atoms with Crippen molar-refractivity contribution in [3.05, 3.63) is 172 Å². The predicted molar refractivity (Wildman–Crippen MR) is 174 cm³/mol. The van der Waals surface area contributed by atoms with Crippen molar-refractivity contribution in [1.82, 2.24) is 0 Å². The van der Waals surface area contributed by atoms with E-state index in [1.165, 1.54) is 0 Å². The van der Waals surface area contributed by atoms with Crippen LogP contribution in [0, 0.1) is 0 Å². The molecule has 0 saturated carbocycles. The van der Waals surface area contributed by atoms with Crippen LogP contribution in [0.15, 0.2) is 145 Å². The average Bonchev–Trinajstić information content (AvgIpc) is 3.21. The molecule has 0 bridgehead atoms. The lowest BCUT2D eigenvalue weighted by Crippen LogP contribution is -2.55. The van der Waals surface area contributed by atoms with Crippen LogP contribution >= 0.6 is 11.6 Å². The lowest BCUT2D eigenvalue weighted by Gasteiger charge is -2.47. The van der Waals surface area contributed by atoms with Crippen molar-refractivity contribution in [3.63, 3.8) is 0 Å². The zero-order valence-corrected chi connectivity index (χ0v) is 24.8. The summed E-state index contributed by atoms with van der Waals surface area (Å²) in [5, 5.41) is 0.595. The van der Waals surface area contributed by atoms with Gasteiger partial charge in [-0.15, -0.1) is 0 Å². The van der Waals surface area contributed by atoms with Crippen molar-refractivity contribution < 1.29 is 14.3 Å². The summed E-state index contributed by atoms with van der Waals surface area (Å²) in [6.07, 6.45) is 0.251. The third kappa shape index (κ3) is 4.57. The number of anilines is 2. The third-order valence-corrected chi connectivity index (χ3v) is 8.67. The summed E-state index contributed by atoms with van der Waals surface area (Å²) in [7, 11) is 0. The van der Waals surface area contributed by atoms with Gasteiger partial charge in [-0.25, -0.2) is 0 Å². The van der Waals surface area contributed by atoms with Crippen LogP contribution in [0.2, 0.25) is 5.02 Å². The van der Waals surface area contributed by atoms with E-state index >= 15 is 0 Å². The Hall–Kier alpha value is -5.13. The number of amides is 2. The lowest BCUT2D eigenvalue weighted by molar-refractivity contribution is -0.122. The number of rotatable bonds is 4. The monoisotopic (exact) mass is 596 g/mol. The van der Waals surface area contributed by atoms with E-state index in [0.717, 1.165) is 16.7 Å². The molecule has 0 aliphatic carbocycles. The maximum atomic E-state index is 14.7. The van der Waals surface area contributed by atoms with Crippen molar-refractivity contribution in [2.75, 3.05) is 9.80 Å². The van der Waals surface area contributed by atoms with Gasteiger partial charge >= 0.3 is 0 Å². The summed E-state index contributed by atoms with van der Waals surface area (Å²) in [5.41, 5.74) is 3.43. The highest BCUT2D eigenvalue weighted by Gasteiger charge is 2.55. The molecule has 5 aromatic rings. The highest BCUT2D eigenvalue weighted by molar-refractivity contribution is 6.30. The van der Waals surface area contributed by atoms with Gasteiger partial charge in [0.2, 0.25) is 5.72 Å². The van der Waals surface area contributed by atoms with E-state index in [9.17, 15) is 9.59 Å². The fraction of sp³-hybridized carbons (Fsp3) is 0.105. The van der Waals surface area contributed by atoms with Gasteiger partial charge in [0.15, 0.2) is 0 Å². The van der Waals surface area contributed by atoms with Gasteiger partial charge in [-0.05, 0) is 48.9 Å². The molecule has 0 aromatic heterocycles. The first-order chi connectivity index (χ1) is 21.5. The molecule has 2 aliphatic rings. The molecule has 7 rings (SSSR count). The predicted octanol–water partition coefficient (Wildman–Crippen LogP) is 8.78. The van der Waals surface area contributed by atoms with Crippen molar-refractivity contribution >= 4 is 40.5 Å². The van der Waals surface area contributed by atoms with E-state index in [0.29, 0.717) is 33.3 Å². The Labute approximate surface area is 261 Å². The van der Waals surface area contributed by atoms with Crippen LogP contribution in [0.1, 0.15) is 46.4 Å². The summed E-state index contributed by atoms with van der Waals surface area (Å²) in [6, 6.07) is 43.4. The molecule has 0 N–H and O–H groups in total. The molecular weight excluding hydrogens is 568 g/mol. The molecule has 2 aliphatic heterocycles. The number of halogens is 1. The van der Waals surface area contributed by atoms with Crippen LogP contribution in [0.4, 0.5) is 11.4 Å². The SMILES string of the molecule is CC1=C(c2ccccc2)OC2(c3ccccc3)CC(c3ccc(Cl)cc3)N(C(=O)c3ccccc3)c3ccccc3N2C1=O. The largest absolute Gasteiger partial charge is 0.462 e. The average molecular weight is 597 g/mol. The van der Waals surface area contributed by atoms with E-state index in [2.05, 4.69) is 0 Å². The van der Waals surface area contributed by atoms with Gasteiger partial charge in [0.05, 0.1) is 23.0 Å². The number of para-hydroxylation sites is 2. The summed E-state index contributed by atoms with van der Waals surface area (Å²) >= 11 is 6.35. The Bertz CT molecular complexity index is 1870. The topological polar surface area (TPSA) is 49.9 Å². The first-order valence-corrected chi connectivity index (χ1v) is 14.9. The van der Waals surface area contributed by atoms with Crippen LogP contribution in [0.25, 0.3) is 5.76 Å². The summed E-state index contributed by atoms with van der Waals surface area (Å²) in [6.45, 7) is 1.80. The van der Waals surface area contributed by atoms with Gasteiger partial charge in [0.25, 0.3) is 11.8 Å². The molecule has 216 valence electrons.